The number of phenolic OH excluding ortho intramolecular Hbond substituents is 1. The van der Waals surface area contributed by atoms with Crippen molar-refractivity contribution < 1.29 is 14.9 Å². The average Bonchev–Trinajstić information content (AvgIpc) is 2.97. The molecule has 0 radical (unpaired) electrons. The molecule has 5 rings (SSSR count). The van der Waals surface area contributed by atoms with Crippen molar-refractivity contribution in [3.63, 3.8) is 0 Å². The zero-order valence-electron chi connectivity index (χ0n) is 22.3. The van der Waals surface area contributed by atoms with Crippen LogP contribution in [-0.2, 0) is 17.7 Å². The molecule has 2 aliphatic heterocycles. The summed E-state index contributed by atoms with van der Waals surface area (Å²) in [5, 5.41) is 20.4. The summed E-state index contributed by atoms with van der Waals surface area (Å²) in [6.07, 6.45) is 2.85. The summed E-state index contributed by atoms with van der Waals surface area (Å²) in [5.74, 6) is 1.77. The number of aliphatic hydroxyl groups excluding tert-OH is 1. The van der Waals surface area contributed by atoms with Crippen molar-refractivity contribution >= 4 is 11.9 Å². The maximum Gasteiger partial charge on any atom is 0.231 e. The number of aromatic hydroxyl groups is 1. The lowest BCUT2D eigenvalue weighted by atomic mass is 9.94. The zero-order valence-corrected chi connectivity index (χ0v) is 22.3. The fourth-order valence-electron chi connectivity index (χ4n) is 5.44. The van der Waals surface area contributed by atoms with Crippen LogP contribution in [0.25, 0.3) is 11.4 Å². The molecule has 38 heavy (non-hydrogen) atoms. The monoisotopic (exact) mass is 518 g/mol. The fraction of sp³-hybridized carbons (Fsp3) is 0.483. The third-order valence-corrected chi connectivity index (χ3v) is 7.72. The zero-order chi connectivity index (χ0) is 26.5. The number of rotatable bonds is 9. The van der Waals surface area contributed by atoms with Gasteiger partial charge in [-0.1, -0.05) is 43.3 Å². The lowest BCUT2D eigenvalue weighted by Gasteiger charge is -2.36. The lowest BCUT2D eigenvalue weighted by molar-refractivity contribution is 0.0368. The van der Waals surface area contributed by atoms with E-state index in [0.717, 1.165) is 57.7 Å². The average molecular weight is 519 g/mol. The SMILES string of the molecule is CCN(CCN(C)c1nc(-c2cccc(O)c2)nc(N2Cc3ccccc3CC2CO)n1)C1CCOCC1. The lowest BCUT2D eigenvalue weighted by Crippen LogP contribution is -2.44. The molecular weight excluding hydrogens is 480 g/mol. The first kappa shape index (κ1) is 26.3. The molecule has 1 saturated heterocycles. The van der Waals surface area contributed by atoms with Gasteiger partial charge in [0.15, 0.2) is 5.82 Å². The summed E-state index contributed by atoms with van der Waals surface area (Å²) >= 11 is 0. The van der Waals surface area contributed by atoms with Gasteiger partial charge in [-0.2, -0.15) is 15.0 Å². The standard InChI is InChI=1S/C29H38N6O3/c1-3-34(24-11-15-38-16-12-24)14-13-33(2)28-30-27(22-9-6-10-26(37)18-22)31-29(32-28)35-19-23-8-5-4-7-21(23)17-25(35)20-36/h4-10,18,24-25,36-37H,3,11-17,19-20H2,1-2H3. The molecule has 1 fully saturated rings. The Kier molecular flexibility index (Phi) is 8.36. The second-order valence-electron chi connectivity index (χ2n) is 10.1. The van der Waals surface area contributed by atoms with E-state index in [2.05, 4.69) is 33.8 Å². The highest BCUT2D eigenvalue weighted by molar-refractivity contribution is 5.61. The quantitative estimate of drug-likeness (QED) is 0.443. The Morgan fingerprint density at radius 3 is 2.53 bits per heavy atom. The van der Waals surface area contributed by atoms with Crippen molar-refractivity contribution in [3.8, 4) is 17.1 Å². The predicted molar refractivity (Wildman–Crippen MR) is 148 cm³/mol. The number of phenols is 1. The first-order valence-electron chi connectivity index (χ1n) is 13.6. The van der Waals surface area contributed by atoms with Crippen LogP contribution in [0.1, 0.15) is 30.9 Å². The van der Waals surface area contributed by atoms with Gasteiger partial charge in [-0.25, -0.2) is 0 Å². The molecule has 2 N–H and O–H groups in total. The Morgan fingerprint density at radius 2 is 1.79 bits per heavy atom. The van der Waals surface area contributed by atoms with Crippen molar-refractivity contribution in [3.05, 3.63) is 59.7 Å². The molecule has 1 unspecified atom stereocenters. The molecule has 0 aliphatic carbocycles. The highest BCUT2D eigenvalue weighted by atomic mass is 16.5. The van der Waals surface area contributed by atoms with E-state index in [9.17, 15) is 10.2 Å². The van der Waals surface area contributed by atoms with Crippen molar-refractivity contribution in [1.82, 2.24) is 19.9 Å². The second-order valence-corrected chi connectivity index (χ2v) is 10.1. The van der Waals surface area contributed by atoms with Crippen LogP contribution in [0.2, 0.25) is 0 Å². The Balaban J connectivity index is 1.45. The van der Waals surface area contributed by atoms with E-state index in [0.29, 0.717) is 30.3 Å². The highest BCUT2D eigenvalue weighted by Crippen LogP contribution is 2.29. The van der Waals surface area contributed by atoms with Gasteiger partial charge in [0.2, 0.25) is 11.9 Å². The number of aliphatic hydroxyl groups is 1. The third kappa shape index (κ3) is 5.90. The van der Waals surface area contributed by atoms with Gasteiger partial charge in [0.05, 0.1) is 12.6 Å². The summed E-state index contributed by atoms with van der Waals surface area (Å²) in [6, 6.07) is 15.7. The molecule has 3 aromatic rings. The van der Waals surface area contributed by atoms with Crippen molar-refractivity contribution in [1.29, 1.82) is 0 Å². The molecule has 0 saturated carbocycles. The topological polar surface area (TPSA) is 98.1 Å². The maximum atomic E-state index is 10.3. The molecule has 9 heteroatoms. The van der Waals surface area contributed by atoms with Crippen LogP contribution in [0.3, 0.4) is 0 Å². The Labute approximate surface area is 224 Å². The summed E-state index contributed by atoms with van der Waals surface area (Å²) in [6.45, 7) is 7.13. The van der Waals surface area contributed by atoms with E-state index in [4.69, 9.17) is 19.7 Å². The highest BCUT2D eigenvalue weighted by Gasteiger charge is 2.29. The van der Waals surface area contributed by atoms with E-state index >= 15 is 0 Å². The first-order valence-corrected chi connectivity index (χ1v) is 13.6. The molecule has 9 nitrogen and oxygen atoms in total. The number of benzene rings is 2. The normalized spacial score (nSPS) is 18.0. The number of hydrogen-bond donors (Lipinski definition) is 2. The third-order valence-electron chi connectivity index (χ3n) is 7.72. The summed E-state index contributed by atoms with van der Waals surface area (Å²) in [7, 11) is 2.01. The minimum atomic E-state index is -0.133. The summed E-state index contributed by atoms with van der Waals surface area (Å²) < 4.78 is 5.56. The van der Waals surface area contributed by atoms with Crippen LogP contribution in [0.15, 0.2) is 48.5 Å². The number of nitrogens with zero attached hydrogens (tertiary/aromatic N) is 6. The molecule has 1 atom stereocenters. The molecule has 0 bridgehead atoms. The number of likely N-dealkylation sites (N-methyl/N-ethyl adjacent to an activating group) is 2. The molecule has 2 aromatic carbocycles. The Morgan fingerprint density at radius 1 is 1.00 bits per heavy atom. The Hall–Kier alpha value is -3.27. The van der Waals surface area contributed by atoms with Gasteiger partial charge >= 0.3 is 0 Å². The Bertz CT molecular complexity index is 1220. The van der Waals surface area contributed by atoms with E-state index in [1.165, 1.54) is 11.1 Å². The summed E-state index contributed by atoms with van der Waals surface area (Å²) in [5.41, 5.74) is 3.18. The van der Waals surface area contributed by atoms with Crippen LogP contribution in [0, 0.1) is 0 Å². The predicted octanol–water partition coefficient (Wildman–Crippen LogP) is 3.10. The minimum absolute atomic E-state index is 0.00319. The van der Waals surface area contributed by atoms with Gasteiger partial charge < -0.3 is 24.7 Å². The van der Waals surface area contributed by atoms with Gasteiger partial charge in [0.1, 0.15) is 5.75 Å². The van der Waals surface area contributed by atoms with Crippen LogP contribution in [-0.4, -0.2) is 88.7 Å². The maximum absolute atomic E-state index is 10.3. The molecular formula is C29H38N6O3. The fourth-order valence-corrected chi connectivity index (χ4v) is 5.44. The van der Waals surface area contributed by atoms with Crippen molar-refractivity contribution in [2.24, 2.45) is 0 Å². The van der Waals surface area contributed by atoms with E-state index in [-0.39, 0.29) is 18.4 Å². The molecule has 0 spiro atoms. The van der Waals surface area contributed by atoms with Gasteiger partial charge in [0.25, 0.3) is 0 Å². The number of hydrogen-bond acceptors (Lipinski definition) is 9. The van der Waals surface area contributed by atoms with Gasteiger partial charge in [-0.3, -0.25) is 4.90 Å². The molecule has 2 aliphatic rings. The molecule has 3 heterocycles. The second kappa shape index (κ2) is 12.1. The van der Waals surface area contributed by atoms with Gasteiger partial charge in [-0.15, -0.1) is 0 Å². The van der Waals surface area contributed by atoms with E-state index in [1.807, 2.05) is 25.2 Å². The first-order chi connectivity index (χ1) is 18.6. The van der Waals surface area contributed by atoms with E-state index < -0.39 is 0 Å². The molecule has 1 aromatic heterocycles. The molecule has 0 amide bonds. The summed E-state index contributed by atoms with van der Waals surface area (Å²) in [4.78, 5) is 21.2. The van der Waals surface area contributed by atoms with E-state index in [1.54, 1.807) is 18.2 Å². The number of ether oxygens (including phenoxy) is 1. The van der Waals surface area contributed by atoms with Crippen LogP contribution in [0.4, 0.5) is 11.9 Å². The van der Waals surface area contributed by atoms with Crippen LogP contribution < -0.4 is 9.80 Å². The number of fused-ring (bicyclic) bond motifs is 1. The van der Waals surface area contributed by atoms with Crippen molar-refractivity contribution in [2.75, 3.05) is 56.3 Å². The minimum Gasteiger partial charge on any atom is -0.508 e. The van der Waals surface area contributed by atoms with Crippen LogP contribution >= 0.6 is 0 Å². The largest absolute Gasteiger partial charge is 0.508 e. The molecule has 202 valence electrons. The number of anilines is 2. The van der Waals surface area contributed by atoms with Gasteiger partial charge in [-0.05, 0) is 49.1 Å². The smallest absolute Gasteiger partial charge is 0.231 e. The van der Waals surface area contributed by atoms with Gasteiger partial charge in [0, 0.05) is 51.5 Å². The van der Waals surface area contributed by atoms with Crippen molar-refractivity contribution in [2.45, 2.75) is 44.8 Å². The van der Waals surface area contributed by atoms with Crippen LogP contribution in [0.5, 0.6) is 5.75 Å². The number of aromatic nitrogens is 3.